The maximum Gasteiger partial charge on any atom is 0.261 e. The summed E-state index contributed by atoms with van der Waals surface area (Å²) in [5.74, 6) is 1.20. The van der Waals surface area contributed by atoms with Gasteiger partial charge in [0.15, 0.2) is 0 Å². The molecule has 1 saturated heterocycles. The Labute approximate surface area is 175 Å². The highest BCUT2D eigenvalue weighted by molar-refractivity contribution is 5.81. The van der Waals surface area contributed by atoms with E-state index in [-0.39, 0.29) is 18.7 Å². The molecule has 2 aliphatic rings. The van der Waals surface area contributed by atoms with E-state index in [2.05, 4.69) is 30.5 Å². The van der Waals surface area contributed by atoms with Crippen molar-refractivity contribution in [2.75, 3.05) is 37.7 Å². The number of hydrogen-bond acceptors (Lipinski definition) is 6. The molecule has 3 aromatic rings. The summed E-state index contributed by atoms with van der Waals surface area (Å²) in [6.07, 6.45) is 7.27. The van der Waals surface area contributed by atoms with Crippen LogP contribution in [0.4, 0.5) is 5.69 Å². The molecule has 158 valence electrons. The van der Waals surface area contributed by atoms with Crippen molar-refractivity contribution in [3.63, 3.8) is 0 Å². The molecule has 0 saturated carbocycles. The van der Waals surface area contributed by atoms with Gasteiger partial charge >= 0.3 is 0 Å². The third-order valence-electron chi connectivity index (χ3n) is 6.34. The minimum absolute atomic E-state index is 0.0724. The number of aliphatic hydroxyl groups is 1. The molecule has 0 radical (unpaired) electrons. The fourth-order valence-corrected chi connectivity index (χ4v) is 4.60. The number of benzene rings is 1. The monoisotopic (exact) mass is 408 g/mol. The molecule has 0 aliphatic carbocycles. The molecule has 8 heteroatoms. The second kappa shape index (κ2) is 8.20. The van der Waals surface area contributed by atoms with Crippen LogP contribution in [0.25, 0.3) is 10.9 Å². The molecule has 0 unspecified atom stereocenters. The lowest BCUT2D eigenvalue weighted by molar-refractivity contribution is 0.239. The Morgan fingerprint density at radius 2 is 1.90 bits per heavy atom. The summed E-state index contributed by atoms with van der Waals surface area (Å²) in [7, 11) is 0. The van der Waals surface area contributed by atoms with Crippen molar-refractivity contribution < 1.29 is 5.11 Å². The molecule has 0 spiro atoms. The van der Waals surface area contributed by atoms with Crippen LogP contribution in [0.1, 0.15) is 24.4 Å². The fraction of sp³-hybridized carbons (Fsp3) is 0.500. The molecule has 5 rings (SSSR count). The van der Waals surface area contributed by atoms with Crippen LogP contribution in [0.5, 0.6) is 0 Å². The third-order valence-corrected chi connectivity index (χ3v) is 6.34. The molecule has 0 amide bonds. The zero-order chi connectivity index (χ0) is 20.5. The van der Waals surface area contributed by atoms with E-state index in [1.165, 1.54) is 35.3 Å². The van der Waals surface area contributed by atoms with E-state index in [1.807, 2.05) is 18.2 Å². The van der Waals surface area contributed by atoms with E-state index in [0.29, 0.717) is 10.9 Å². The number of imidazole rings is 1. The molecule has 2 aliphatic heterocycles. The molecule has 1 aromatic carbocycles. The van der Waals surface area contributed by atoms with E-state index in [4.69, 9.17) is 5.11 Å². The van der Waals surface area contributed by atoms with Gasteiger partial charge in [0.1, 0.15) is 5.82 Å². The Kier molecular flexibility index (Phi) is 5.26. The first-order chi connectivity index (χ1) is 14.7. The average Bonchev–Trinajstić information content (AvgIpc) is 3.19. The molecular formula is C22H28N6O2. The van der Waals surface area contributed by atoms with Gasteiger partial charge in [0.25, 0.3) is 5.56 Å². The molecule has 0 atom stereocenters. The smallest absolute Gasteiger partial charge is 0.261 e. The van der Waals surface area contributed by atoms with E-state index in [9.17, 15) is 4.79 Å². The molecule has 1 N–H and O–H groups in total. The summed E-state index contributed by atoms with van der Waals surface area (Å²) < 4.78 is 3.86. The first kappa shape index (κ1) is 19.3. The van der Waals surface area contributed by atoms with Crippen molar-refractivity contribution in [3.05, 3.63) is 52.6 Å². The number of piperazine rings is 1. The van der Waals surface area contributed by atoms with Gasteiger partial charge in [-0.1, -0.05) is 0 Å². The highest BCUT2D eigenvalue weighted by Crippen LogP contribution is 2.22. The number of rotatable bonds is 5. The van der Waals surface area contributed by atoms with Crippen molar-refractivity contribution in [2.45, 2.75) is 38.9 Å². The summed E-state index contributed by atoms with van der Waals surface area (Å²) in [5, 5.41) is 9.68. The first-order valence-electron chi connectivity index (χ1n) is 10.8. The normalized spacial score (nSPS) is 17.4. The highest BCUT2D eigenvalue weighted by atomic mass is 16.3. The molecule has 8 nitrogen and oxygen atoms in total. The fourth-order valence-electron chi connectivity index (χ4n) is 4.60. The van der Waals surface area contributed by atoms with Gasteiger partial charge in [-0.25, -0.2) is 9.97 Å². The van der Waals surface area contributed by atoms with Crippen molar-refractivity contribution in [2.24, 2.45) is 0 Å². The lowest BCUT2D eigenvalue weighted by Gasteiger charge is -2.36. The predicted molar refractivity (Wildman–Crippen MR) is 116 cm³/mol. The van der Waals surface area contributed by atoms with Crippen LogP contribution in [0.15, 0.2) is 35.5 Å². The number of nitrogens with zero attached hydrogens (tertiary/aromatic N) is 6. The van der Waals surface area contributed by atoms with Gasteiger partial charge in [-0.15, -0.1) is 0 Å². The van der Waals surface area contributed by atoms with Gasteiger partial charge in [-0.2, -0.15) is 0 Å². The maximum atomic E-state index is 12.5. The second-order valence-electron chi connectivity index (χ2n) is 8.21. The number of anilines is 1. The van der Waals surface area contributed by atoms with Crippen molar-refractivity contribution in [1.82, 2.24) is 24.0 Å². The average molecular weight is 409 g/mol. The minimum Gasteiger partial charge on any atom is -0.395 e. The van der Waals surface area contributed by atoms with Crippen molar-refractivity contribution in [3.8, 4) is 0 Å². The number of fused-ring (bicyclic) bond motifs is 2. The molecule has 0 bridgehead atoms. The minimum atomic E-state index is -0.103. The molecule has 30 heavy (non-hydrogen) atoms. The highest BCUT2D eigenvalue weighted by Gasteiger charge is 2.21. The lowest BCUT2D eigenvalue weighted by Crippen LogP contribution is -2.46. The van der Waals surface area contributed by atoms with Crippen LogP contribution < -0.4 is 10.5 Å². The van der Waals surface area contributed by atoms with Crippen LogP contribution in [-0.4, -0.2) is 61.9 Å². The maximum absolute atomic E-state index is 12.5. The Bertz CT molecular complexity index is 1100. The second-order valence-corrected chi connectivity index (χ2v) is 8.21. The topological polar surface area (TPSA) is 79.4 Å². The number of aliphatic hydroxyl groups excluding tert-OH is 1. The van der Waals surface area contributed by atoms with Gasteiger partial charge in [0.2, 0.25) is 0 Å². The molecule has 1 fully saturated rings. The summed E-state index contributed by atoms with van der Waals surface area (Å²) >= 11 is 0. The lowest BCUT2D eigenvalue weighted by atomic mass is 10.1. The number of aryl methyl sites for hydroxylation is 1. The van der Waals surface area contributed by atoms with E-state index < -0.39 is 0 Å². The van der Waals surface area contributed by atoms with Gasteiger partial charge in [0, 0.05) is 50.3 Å². The van der Waals surface area contributed by atoms with Crippen LogP contribution in [0.3, 0.4) is 0 Å². The predicted octanol–water partition coefficient (Wildman–Crippen LogP) is 1.24. The summed E-state index contributed by atoms with van der Waals surface area (Å²) in [5.41, 5.74) is 3.09. The van der Waals surface area contributed by atoms with E-state index in [1.54, 1.807) is 0 Å². The van der Waals surface area contributed by atoms with Crippen LogP contribution in [0, 0.1) is 0 Å². The van der Waals surface area contributed by atoms with Crippen LogP contribution >= 0.6 is 0 Å². The number of aromatic nitrogens is 4. The standard InChI is InChI=1S/C22H28N6O2/c29-12-11-27-16-24-20-13-17(4-5-19(20)22(27)30)26-9-7-25(8-10-26)15-21-23-14-18-3-1-2-6-28(18)21/h4-5,13-14,16,29H,1-3,6-12,15H2. The Morgan fingerprint density at radius 3 is 2.73 bits per heavy atom. The molecule has 4 heterocycles. The summed E-state index contributed by atoms with van der Waals surface area (Å²) in [6, 6.07) is 5.87. The zero-order valence-corrected chi connectivity index (χ0v) is 17.2. The SMILES string of the molecule is O=c1c2ccc(N3CCN(Cc4ncc5n4CCCC5)CC3)cc2ncn1CCO. The largest absolute Gasteiger partial charge is 0.395 e. The van der Waals surface area contributed by atoms with Crippen molar-refractivity contribution >= 4 is 16.6 Å². The van der Waals surface area contributed by atoms with Gasteiger partial charge < -0.3 is 14.6 Å². The molecule has 2 aromatic heterocycles. The Balaban J connectivity index is 1.26. The van der Waals surface area contributed by atoms with E-state index >= 15 is 0 Å². The van der Waals surface area contributed by atoms with Gasteiger partial charge in [-0.3, -0.25) is 14.3 Å². The third kappa shape index (κ3) is 3.61. The number of hydrogen-bond donors (Lipinski definition) is 1. The quantitative estimate of drug-likeness (QED) is 0.684. The van der Waals surface area contributed by atoms with Crippen LogP contribution in [0.2, 0.25) is 0 Å². The summed E-state index contributed by atoms with van der Waals surface area (Å²) in [6.45, 7) is 6.09. The molecular weight excluding hydrogens is 380 g/mol. The van der Waals surface area contributed by atoms with Crippen molar-refractivity contribution in [1.29, 1.82) is 0 Å². The summed E-state index contributed by atoms with van der Waals surface area (Å²) in [4.78, 5) is 26.4. The van der Waals surface area contributed by atoms with Crippen LogP contribution in [-0.2, 0) is 26.1 Å². The zero-order valence-electron chi connectivity index (χ0n) is 17.2. The Morgan fingerprint density at radius 1 is 1.03 bits per heavy atom. The Hall–Kier alpha value is -2.71. The first-order valence-corrected chi connectivity index (χ1v) is 10.8. The van der Waals surface area contributed by atoms with Gasteiger partial charge in [-0.05, 0) is 37.5 Å². The van der Waals surface area contributed by atoms with E-state index in [0.717, 1.165) is 51.4 Å². The van der Waals surface area contributed by atoms with Gasteiger partial charge in [0.05, 0.1) is 36.9 Å².